The summed E-state index contributed by atoms with van der Waals surface area (Å²) in [5.41, 5.74) is 2.95. The van der Waals surface area contributed by atoms with E-state index in [-0.39, 0.29) is 36.3 Å². The van der Waals surface area contributed by atoms with Gasteiger partial charge in [-0.2, -0.15) is 0 Å². The fourth-order valence-corrected chi connectivity index (χ4v) is 4.12. The number of carbonyl (C=O) groups is 3. The highest BCUT2D eigenvalue weighted by molar-refractivity contribution is 6.01. The lowest BCUT2D eigenvalue weighted by atomic mass is 9.90. The number of nitrogens with one attached hydrogen (secondary N) is 4. The molecule has 0 bridgehead atoms. The smallest absolute Gasteiger partial charge is 0.323 e. The Labute approximate surface area is 194 Å². The fourth-order valence-electron chi connectivity index (χ4n) is 4.12. The van der Waals surface area contributed by atoms with Crippen LogP contribution in [-0.2, 0) is 16.0 Å². The molecule has 33 heavy (non-hydrogen) atoms. The van der Waals surface area contributed by atoms with E-state index in [1.807, 2.05) is 31.2 Å². The van der Waals surface area contributed by atoms with E-state index in [0.29, 0.717) is 11.4 Å². The number of methoxy groups -OCH3 is 1. The minimum atomic E-state index is -0.380. The molecule has 2 aromatic rings. The predicted molar refractivity (Wildman–Crippen MR) is 129 cm³/mol. The number of anilines is 2. The van der Waals surface area contributed by atoms with Gasteiger partial charge in [-0.3, -0.25) is 9.59 Å². The zero-order valence-electron chi connectivity index (χ0n) is 19.4. The molecular weight excluding hydrogens is 420 g/mol. The van der Waals surface area contributed by atoms with Gasteiger partial charge in [-0.05, 0) is 49.1 Å². The topological polar surface area (TPSA) is 109 Å². The molecule has 3 rings (SSSR count). The summed E-state index contributed by atoms with van der Waals surface area (Å²) in [5.74, 6) is 0.270. The molecule has 0 radical (unpaired) electrons. The average molecular weight is 453 g/mol. The number of hydrogen-bond donors (Lipinski definition) is 4. The Morgan fingerprint density at radius 1 is 0.939 bits per heavy atom. The Morgan fingerprint density at radius 3 is 2.27 bits per heavy atom. The van der Waals surface area contributed by atoms with E-state index in [2.05, 4.69) is 21.3 Å². The molecular formula is C25H32N4O4. The maximum Gasteiger partial charge on any atom is 0.323 e. The van der Waals surface area contributed by atoms with E-state index in [1.165, 1.54) is 14.0 Å². The molecule has 0 aromatic heterocycles. The van der Waals surface area contributed by atoms with Gasteiger partial charge in [0.05, 0.1) is 19.2 Å². The van der Waals surface area contributed by atoms with E-state index in [9.17, 15) is 14.4 Å². The van der Waals surface area contributed by atoms with Crippen LogP contribution in [0.4, 0.5) is 16.2 Å². The number of urea groups is 1. The molecule has 0 saturated heterocycles. The third-order valence-corrected chi connectivity index (χ3v) is 5.77. The Morgan fingerprint density at radius 2 is 1.61 bits per heavy atom. The molecule has 2 atom stereocenters. The monoisotopic (exact) mass is 452 g/mol. The fraction of sp³-hybridized carbons (Fsp3) is 0.400. The van der Waals surface area contributed by atoms with E-state index in [4.69, 9.17) is 4.74 Å². The van der Waals surface area contributed by atoms with Gasteiger partial charge in [0.25, 0.3) is 0 Å². The Hall–Kier alpha value is -3.55. The SMILES string of the molecule is COc1cc(CC(=O)NC2CCCCC2NC(C)=O)ccc1NC(=O)Nc1ccccc1C. The Balaban J connectivity index is 1.60. The summed E-state index contributed by atoms with van der Waals surface area (Å²) < 4.78 is 5.43. The molecule has 0 aliphatic heterocycles. The second-order valence-corrected chi connectivity index (χ2v) is 8.37. The van der Waals surface area contributed by atoms with Crippen LogP contribution in [0.3, 0.4) is 0 Å². The zero-order valence-corrected chi connectivity index (χ0v) is 19.4. The van der Waals surface area contributed by atoms with Gasteiger partial charge in [-0.25, -0.2) is 4.79 Å². The lowest BCUT2D eigenvalue weighted by Crippen LogP contribution is -2.53. The van der Waals surface area contributed by atoms with E-state index in [1.54, 1.807) is 18.2 Å². The minimum Gasteiger partial charge on any atom is -0.495 e. The molecule has 2 aromatic carbocycles. The van der Waals surface area contributed by atoms with Gasteiger partial charge in [0.15, 0.2) is 0 Å². The first-order valence-corrected chi connectivity index (χ1v) is 11.2. The molecule has 0 spiro atoms. The van der Waals surface area contributed by atoms with Crippen LogP contribution >= 0.6 is 0 Å². The van der Waals surface area contributed by atoms with Crippen LogP contribution < -0.4 is 26.0 Å². The van der Waals surface area contributed by atoms with Crippen molar-refractivity contribution in [1.82, 2.24) is 10.6 Å². The highest BCUT2D eigenvalue weighted by atomic mass is 16.5. The van der Waals surface area contributed by atoms with Gasteiger partial charge in [-0.15, -0.1) is 0 Å². The minimum absolute atomic E-state index is 0.0342. The molecule has 1 saturated carbocycles. The maximum atomic E-state index is 12.7. The van der Waals surface area contributed by atoms with Crippen LogP contribution in [0.1, 0.15) is 43.7 Å². The number of rotatable bonds is 7. The van der Waals surface area contributed by atoms with Crippen LogP contribution in [0.5, 0.6) is 5.75 Å². The second-order valence-electron chi connectivity index (χ2n) is 8.37. The average Bonchev–Trinajstić information content (AvgIpc) is 2.77. The van der Waals surface area contributed by atoms with Crippen LogP contribution in [0.25, 0.3) is 0 Å². The first-order valence-electron chi connectivity index (χ1n) is 11.2. The molecule has 1 fully saturated rings. The third-order valence-electron chi connectivity index (χ3n) is 5.77. The number of benzene rings is 2. The summed E-state index contributed by atoms with van der Waals surface area (Å²) in [4.78, 5) is 36.5. The summed E-state index contributed by atoms with van der Waals surface area (Å²) in [7, 11) is 1.52. The van der Waals surface area contributed by atoms with E-state index >= 15 is 0 Å². The number of amides is 4. The lowest BCUT2D eigenvalue weighted by molar-refractivity contribution is -0.123. The highest BCUT2D eigenvalue weighted by Gasteiger charge is 2.27. The molecule has 1 aliphatic carbocycles. The molecule has 2 unspecified atom stereocenters. The van der Waals surface area contributed by atoms with Crippen molar-refractivity contribution in [2.45, 2.75) is 58.0 Å². The lowest BCUT2D eigenvalue weighted by Gasteiger charge is -2.32. The number of ether oxygens (including phenoxy) is 1. The van der Waals surface area contributed by atoms with E-state index < -0.39 is 0 Å². The summed E-state index contributed by atoms with van der Waals surface area (Å²) in [6.45, 7) is 3.42. The van der Waals surface area contributed by atoms with Crippen molar-refractivity contribution in [3.8, 4) is 5.75 Å². The van der Waals surface area contributed by atoms with Gasteiger partial charge in [0, 0.05) is 24.7 Å². The van der Waals surface area contributed by atoms with Crippen molar-refractivity contribution < 1.29 is 19.1 Å². The van der Waals surface area contributed by atoms with Crippen molar-refractivity contribution >= 4 is 29.2 Å². The Kier molecular flexibility index (Phi) is 8.29. The van der Waals surface area contributed by atoms with Crippen LogP contribution in [-0.4, -0.2) is 37.0 Å². The van der Waals surface area contributed by atoms with Crippen molar-refractivity contribution in [1.29, 1.82) is 0 Å². The first-order chi connectivity index (χ1) is 15.9. The van der Waals surface area contributed by atoms with Gasteiger partial charge in [-0.1, -0.05) is 37.1 Å². The van der Waals surface area contributed by atoms with Crippen molar-refractivity contribution in [2.24, 2.45) is 0 Å². The first kappa shape index (κ1) is 24.1. The highest BCUT2D eigenvalue weighted by Crippen LogP contribution is 2.26. The summed E-state index contributed by atoms with van der Waals surface area (Å²) in [5, 5.41) is 11.6. The molecule has 176 valence electrons. The summed E-state index contributed by atoms with van der Waals surface area (Å²) in [6, 6.07) is 12.3. The van der Waals surface area contributed by atoms with Crippen molar-refractivity contribution in [3.05, 3.63) is 53.6 Å². The predicted octanol–water partition coefficient (Wildman–Crippen LogP) is 3.75. The number of carbonyl (C=O) groups excluding carboxylic acids is 3. The third kappa shape index (κ3) is 6.97. The standard InChI is InChI=1S/C25H32N4O4/c1-16-8-4-5-9-19(16)28-25(32)29-22-13-12-18(14-23(22)33-3)15-24(31)27-21-11-7-6-10-20(21)26-17(2)30/h4-5,8-9,12-14,20-21H,6-7,10-11,15H2,1-3H3,(H,26,30)(H,27,31)(H2,28,29,32). The molecule has 4 amide bonds. The normalized spacial score (nSPS) is 17.5. The Bertz CT molecular complexity index is 1010. The van der Waals surface area contributed by atoms with Crippen LogP contribution in [0, 0.1) is 6.92 Å². The maximum absolute atomic E-state index is 12.7. The number of para-hydroxylation sites is 1. The van der Waals surface area contributed by atoms with Gasteiger partial charge >= 0.3 is 6.03 Å². The zero-order chi connectivity index (χ0) is 23.8. The van der Waals surface area contributed by atoms with Gasteiger partial charge in [0.2, 0.25) is 11.8 Å². The largest absolute Gasteiger partial charge is 0.495 e. The number of hydrogen-bond acceptors (Lipinski definition) is 4. The number of aryl methyl sites for hydroxylation is 1. The van der Waals surface area contributed by atoms with Crippen molar-refractivity contribution in [2.75, 3.05) is 17.7 Å². The quantitative estimate of drug-likeness (QED) is 0.513. The van der Waals surface area contributed by atoms with E-state index in [0.717, 1.165) is 42.5 Å². The van der Waals surface area contributed by atoms with Crippen LogP contribution in [0.2, 0.25) is 0 Å². The molecule has 8 heteroatoms. The second kappa shape index (κ2) is 11.4. The summed E-state index contributed by atoms with van der Waals surface area (Å²) in [6.07, 6.45) is 3.96. The molecule has 0 heterocycles. The molecule has 4 N–H and O–H groups in total. The van der Waals surface area contributed by atoms with Gasteiger partial charge in [0.1, 0.15) is 5.75 Å². The molecule has 1 aliphatic rings. The van der Waals surface area contributed by atoms with Gasteiger partial charge < -0.3 is 26.0 Å². The summed E-state index contributed by atoms with van der Waals surface area (Å²) >= 11 is 0. The molecule has 8 nitrogen and oxygen atoms in total. The van der Waals surface area contributed by atoms with Crippen LogP contribution in [0.15, 0.2) is 42.5 Å². The van der Waals surface area contributed by atoms with Crippen molar-refractivity contribution in [3.63, 3.8) is 0 Å².